The minimum absolute atomic E-state index is 0.308. The Morgan fingerprint density at radius 2 is 2.08 bits per heavy atom. The first kappa shape index (κ1) is 17.3. The van der Waals surface area contributed by atoms with Gasteiger partial charge in [-0.05, 0) is 43.9 Å². The van der Waals surface area contributed by atoms with E-state index in [0.717, 1.165) is 43.8 Å². The van der Waals surface area contributed by atoms with Gasteiger partial charge in [-0.2, -0.15) is 0 Å². The number of likely N-dealkylation sites (tertiary alicyclic amines) is 1. The van der Waals surface area contributed by atoms with E-state index in [-0.39, 0.29) is 0 Å². The summed E-state index contributed by atoms with van der Waals surface area (Å²) in [6, 6.07) is 8.83. The standard InChI is InChI=1S/C21H28N4O/c1-4-9-25-19-8-6-5-7-18(19)22-20(25)14-23(2)17-10-15-12-21(26)24(3)13-16(15)11-17/h4-8,15-17H,1,9-14H2,2-3H3/t15-,16+,17-/m1/s1. The predicted molar refractivity (Wildman–Crippen MR) is 104 cm³/mol. The summed E-state index contributed by atoms with van der Waals surface area (Å²) in [4.78, 5) is 21.2. The highest BCUT2D eigenvalue weighted by molar-refractivity contribution is 5.77. The molecule has 0 bridgehead atoms. The van der Waals surface area contributed by atoms with Gasteiger partial charge in [0.1, 0.15) is 5.82 Å². The number of fused-ring (bicyclic) bond motifs is 2. The van der Waals surface area contributed by atoms with Gasteiger partial charge in [0.2, 0.25) is 5.91 Å². The topological polar surface area (TPSA) is 41.4 Å². The third-order valence-electron chi connectivity index (χ3n) is 6.25. The molecule has 2 aliphatic rings. The summed E-state index contributed by atoms with van der Waals surface area (Å²) in [5.41, 5.74) is 2.22. The molecular formula is C21H28N4O. The van der Waals surface area contributed by atoms with Crippen LogP contribution < -0.4 is 0 Å². The van der Waals surface area contributed by atoms with Gasteiger partial charge in [-0.25, -0.2) is 4.98 Å². The first-order chi connectivity index (χ1) is 12.6. The number of carbonyl (C=O) groups is 1. The highest BCUT2D eigenvalue weighted by Gasteiger charge is 2.41. The number of hydrogen-bond donors (Lipinski definition) is 0. The molecule has 0 spiro atoms. The van der Waals surface area contributed by atoms with Gasteiger partial charge in [0.05, 0.1) is 17.6 Å². The Bertz CT molecular complexity index is 827. The van der Waals surface area contributed by atoms with Crippen molar-refractivity contribution in [3.63, 3.8) is 0 Å². The van der Waals surface area contributed by atoms with Crippen molar-refractivity contribution in [1.29, 1.82) is 0 Å². The monoisotopic (exact) mass is 352 g/mol. The maximum atomic E-state index is 12.0. The Morgan fingerprint density at radius 1 is 1.31 bits per heavy atom. The first-order valence-electron chi connectivity index (χ1n) is 9.56. The Labute approximate surface area is 155 Å². The van der Waals surface area contributed by atoms with E-state index >= 15 is 0 Å². The molecule has 4 rings (SSSR count). The van der Waals surface area contributed by atoms with E-state index in [1.807, 2.05) is 24.1 Å². The second-order valence-electron chi connectivity index (χ2n) is 7.95. The number of imidazole rings is 1. The van der Waals surface area contributed by atoms with Crippen molar-refractivity contribution < 1.29 is 4.79 Å². The fraction of sp³-hybridized carbons (Fsp3) is 0.524. The zero-order valence-corrected chi connectivity index (χ0v) is 15.8. The predicted octanol–water partition coefficient (Wildman–Crippen LogP) is 2.91. The van der Waals surface area contributed by atoms with Crippen LogP contribution in [0, 0.1) is 11.8 Å². The van der Waals surface area contributed by atoms with Crippen molar-refractivity contribution in [2.75, 3.05) is 20.6 Å². The number of piperidine rings is 1. The zero-order chi connectivity index (χ0) is 18.3. The molecule has 138 valence electrons. The number of carbonyl (C=O) groups excluding carboxylic acids is 1. The van der Waals surface area contributed by atoms with Crippen LogP contribution in [0.1, 0.15) is 25.1 Å². The summed E-state index contributed by atoms with van der Waals surface area (Å²) in [5, 5.41) is 0. The smallest absolute Gasteiger partial charge is 0.222 e. The molecule has 2 aromatic rings. The van der Waals surface area contributed by atoms with E-state index in [0.29, 0.717) is 23.8 Å². The number of aromatic nitrogens is 2. The summed E-state index contributed by atoms with van der Waals surface area (Å²) in [5.74, 6) is 2.61. The second-order valence-corrected chi connectivity index (χ2v) is 7.95. The molecule has 1 aromatic carbocycles. The second kappa shape index (κ2) is 6.88. The van der Waals surface area contributed by atoms with Crippen molar-refractivity contribution in [1.82, 2.24) is 19.4 Å². The van der Waals surface area contributed by atoms with Gasteiger partial charge in [0, 0.05) is 32.6 Å². The minimum Gasteiger partial charge on any atom is -0.345 e. The molecule has 1 saturated heterocycles. The number of allylic oxidation sites excluding steroid dienone is 1. The average Bonchev–Trinajstić information content (AvgIpc) is 3.17. The maximum absolute atomic E-state index is 12.0. The summed E-state index contributed by atoms with van der Waals surface area (Å²) < 4.78 is 2.26. The highest BCUT2D eigenvalue weighted by atomic mass is 16.2. The van der Waals surface area contributed by atoms with Crippen molar-refractivity contribution in [2.45, 2.75) is 38.4 Å². The molecule has 0 unspecified atom stereocenters. The largest absolute Gasteiger partial charge is 0.345 e. The molecular weight excluding hydrogens is 324 g/mol. The van der Waals surface area contributed by atoms with Crippen LogP contribution in [-0.2, 0) is 17.9 Å². The Hall–Kier alpha value is -2.14. The van der Waals surface area contributed by atoms with Crippen LogP contribution >= 0.6 is 0 Å². The van der Waals surface area contributed by atoms with Crippen LogP contribution in [-0.4, -0.2) is 51.9 Å². The Balaban J connectivity index is 1.51. The SMILES string of the molecule is C=CCn1c(CN(C)[C@@H]2C[C@@H]3CC(=O)N(C)C[C@@H]3C2)nc2ccccc21. The molecule has 5 heteroatoms. The lowest BCUT2D eigenvalue weighted by molar-refractivity contribution is -0.134. The lowest BCUT2D eigenvalue weighted by Gasteiger charge is -2.31. The minimum atomic E-state index is 0.308. The Kier molecular flexibility index (Phi) is 4.57. The molecule has 1 aliphatic carbocycles. The third-order valence-corrected chi connectivity index (χ3v) is 6.25. The van der Waals surface area contributed by atoms with E-state index in [4.69, 9.17) is 4.98 Å². The van der Waals surface area contributed by atoms with Gasteiger partial charge in [-0.1, -0.05) is 18.2 Å². The molecule has 26 heavy (non-hydrogen) atoms. The molecule has 5 nitrogen and oxygen atoms in total. The number of benzene rings is 1. The zero-order valence-electron chi connectivity index (χ0n) is 15.8. The lowest BCUT2D eigenvalue weighted by Crippen LogP contribution is -2.39. The molecule has 1 amide bonds. The normalized spacial score (nSPS) is 25.9. The molecule has 2 fully saturated rings. The van der Waals surface area contributed by atoms with Gasteiger partial charge in [-0.3, -0.25) is 9.69 Å². The number of nitrogens with zero attached hydrogens (tertiary/aromatic N) is 4. The molecule has 1 aromatic heterocycles. The fourth-order valence-electron chi connectivity index (χ4n) is 4.78. The fourth-order valence-corrected chi connectivity index (χ4v) is 4.78. The summed E-state index contributed by atoms with van der Waals surface area (Å²) in [6.07, 6.45) is 4.96. The number of para-hydroxylation sites is 2. The molecule has 0 radical (unpaired) electrons. The molecule has 1 aliphatic heterocycles. The summed E-state index contributed by atoms with van der Waals surface area (Å²) in [6.45, 7) is 6.43. The van der Waals surface area contributed by atoms with Crippen LogP contribution in [0.3, 0.4) is 0 Å². The average molecular weight is 352 g/mol. The van der Waals surface area contributed by atoms with Gasteiger partial charge in [0.25, 0.3) is 0 Å². The molecule has 1 saturated carbocycles. The van der Waals surface area contributed by atoms with Crippen LogP contribution in [0.5, 0.6) is 0 Å². The van der Waals surface area contributed by atoms with Crippen LogP contribution in [0.4, 0.5) is 0 Å². The Morgan fingerprint density at radius 3 is 2.88 bits per heavy atom. The van der Waals surface area contributed by atoms with Crippen molar-refractivity contribution in [3.8, 4) is 0 Å². The maximum Gasteiger partial charge on any atom is 0.222 e. The number of hydrogen-bond acceptors (Lipinski definition) is 3. The number of amides is 1. The van der Waals surface area contributed by atoms with E-state index < -0.39 is 0 Å². The molecule has 3 atom stereocenters. The van der Waals surface area contributed by atoms with Gasteiger partial charge >= 0.3 is 0 Å². The van der Waals surface area contributed by atoms with E-state index in [1.54, 1.807) is 0 Å². The van der Waals surface area contributed by atoms with E-state index in [2.05, 4.69) is 41.3 Å². The van der Waals surface area contributed by atoms with Crippen LogP contribution in [0.15, 0.2) is 36.9 Å². The van der Waals surface area contributed by atoms with Crippen molar-refractivity contribution >= 4 is 16.9 Å². The third kappa shape index (κ3) is 3.05. The summed E-state index contributed by atoms with van der Waals surface area (Å²) >= 11 is 0. The molecule has 0 N–H and O–H groups in total. The molecule has 2 heterocycles. The summed E-state index contributed by atoms with van der Waals surface area (Å²) in [7, 11) is 4.14. The van der Waals surface area contributed by atoms with E-state index in [1.165, 1.54) is 11.9 Å². The van der Waals surface area contributed by atoms with Crippen LogP contribution in [0.2, 0.25) is 0 Å². The van der Waals surface area contributed by atoms with Crippen molar-refractivity contribution in [2.24, 2.45) is 11.8 Å². The van der Waals surface area contributed by atoms with Crippen LogP contribution in [0.25, 0.3) is 11.0 Å². The lowest BCUT2D eigenvalue weighted by atomic mass is 9.88. The van der Waals surface area contributed by atoms with Gasteiger partial charge in [-0.15, -0.1) is 6.58 Å². The van der Waals surface area contributed by atoms with Gasteiger partial charge in [0.15, 0.2) is 0 Å². The highest BCUT2D eigenvalue weighted by Crippen LogP contribution is 2.40. The number of rotatable bonds is 5. The van der Waals surface area contributed by atoms with Gasteiger partial charge < -0.3 is 9.47 Å². The quantitative estimate of drug-likeness (QED) is 0.777. The van der Waals surface area contributed by atoms with E-state index in [9.17, 15) is 4.79 Å². The van der Waals surface area contributed by atoms with Crippen molar-refractivity contribution in [3.05, 3.63) is 42.7 Å². The first-order valence-corrected chi connectivity index (χ1v) is 9.56.